The van der Waals surface area contributed by atoms with Crippen molar-refractivity contribution in [2.24, 2.45) is 0 Å². The number of halogens is 4. The van der Waals surface area contributed by atoms with Crippen LogP contribution in [0.15, 0.2) is 34.2 Å². The van der Waals surface area contributed by atoms with E-state index in [1.807, 2.05) is 0 Å². The van der Waals surface area contributed by atoms with Crippen molar-refractivity contribution in [2.75, 3.05) is 5.32 Å². The number of nitrogens with zero attached hydrogens (tertiary/aromatic N) is 1. The van der Waals surface area contributed by atoms with E-state index in [9.17, 15) is 18.0 Å². The summed E-state index contributed by atoms with van der Waals surface area (Å²) in [4.78, 5) is 14.5. The van der Waals surface area contributed by atoms with Crippen molar-refractivity contribution in [1.29, 1.82) is 0 Å². The van der Waals surface area contributed by atoms with Gasteiger partial charge in [-0.25, -0.2) is 4.98 Å². The van der Waals surface area contributed by atoms with Gasteiger partial charge >= 0.3 is 6.18 Å². The van der Waals surface area contributed by atoms with Gasteiger partial charge in [0.2, 0.25) is 0 Å². The standard InChI is InChI=1S/C11H6BrF3N2OS/c12-6-2-1-3-7(4-6)17-10(18)8-9(11(13,14)15)16-5-19-8/h1-5H,(H,17,18). The van der Waals surface area contributed by atoms with Gasteiger partial charge in [-0.3, -0.25) is 4.79 Å². The molecule has 1 aromatic carbocycles. The van der Waals surface area contributed by atoms with Gasteiger partial charge in [-0.05, 0) is 18.2 Å². The van der Waals surface area contributed by atoms with Crippen molar-refractivity contribution < 1.29 is 18.0 Å². The van der Waals surface area contributed by atoms with E-state index in [0.717, 1.165) is 5.51 Å². The number of amides is 1. The number of carbonyl (C=O) groups excluding carboxylic acids is 1. The van der Waals surface area contributed by atoms with Crippen LogP contribution in [0, 0.1) is 0 Å². The first-order chi connectivity index (χ1) is 8.88. The third-order valence-corrected chi connectivity index (χ3v) is 3.44. The van der Waals surface area contributed by atoms with E-state index in [0.29, 0.717) is 21.5 Å². The summed E-state index contributed by atoms with van der Waals surface area (Å²) >= 11 is 3.86. The Bertz CT molecular complexity index is 612. The number of benzene rings is 1. The summed E-state index contributed by atoms with van der Waals surface area (Å²) in [6.45, 7) is 0. The monoisotopic (exact) mass is 350 g/mol. The predicted molar refractivity (Wildman–Crippen MR) is 69.2 cm³/mol. The summed E-state index contributed by atoms with van der Waals surface area (Å²) in [5.41, 5.74) is 0.240. The quantitative estimate of drug-likeness (QED) is 0.882. The summed E-state index contributed by atoms with van der Waals surface area (Å²) in [5.74, 6) is -0.826. The van der Waals surface area contributed by atoms with Gasteiger partial charge in [0.05, 0.1) is 5.51 Å². The SMILES string of the molecule is O=C(Nc1cccc(Br)c1)c1scnc1C(F)(F)F. The maximum Gasteiger partial charge on any atom is 0.434 e. The largest absolute Gasteiger partial charge is 0.434 e. The lowest BCUT2D eigenvalue weighted by molar-refractivity contribution is -0.141. The number of rotatable bonds is 2. The van der Waals surface area contributed by atoms with Crippen molar-refractivity contribution in [3.05, 3.63) is 44.8 Å². The molecular weight excluding hydrogens is 345 g/mol. The fraction of sp³-hybridized carbons (Fsp3) is 0.0909. The topological polar surface area (TPSA) is 42.0 Å². The Kier molecular flexibility index (Phi) is 3.91. The van der Waals surface area contributed by atoms with E-state index in [-0.39, 0.29) is 0 Å². The third-order valence-electron chi connectivity index (χ3n) is 2.12. The fourth-order valence-electron chi connectivity index (χ4n) is 1.36. The molecule has 1 heterocycles. The van der Waals surface area contributed by atoms with Gasteiger partial charge in [0.15, 0.2) is 5.69 Å². The van der Waals surface area contributed by atoms with Crippen molar-refractivity contribution in [1.82, 2.24) is 4.98 Å². The Morgan fingerprint density at radius 3 is 2.74 bits per heavy atom. The Morgan fingerprint density at radius 1 is 1.37 bits per heavy atom. The van der Waals surface area contributed by atoms with Crippen LogP contribution in [0.1, 0.15) is 15.4 Å². The molecule has 0 aliphatic rings. The van der Waals surface area contributed by atoms with E-state index in [4.69, 9.17) is 0 Å². The maximum absolute atomic E-state index is 12.6. The van der Waals surface area contributed by atoms with E-state index >= 15 is 0 Å². The van der Waals surface area contributed by atoms with Crippen LogP contribution in [-0.2, 0) is 6.18 Å². The van der Waals surface area contributed by atoms with E-state index in [2.05, 4.69) is 26.2 Å². The lowest BCUT2D eigenvalue weighted by atomic mass is 10.3. The number of hydrogen-bond donors (Lipinski definition) is 1. The summed E-state index contributed by atoms with van der Waals surface area (Å²) < 4.78 is 38.5. The molecule has 1 aromatic heterocycles. The van der Waals surface area contributed by atoms with Gasteiger partial charge in [-0.15, -0.1) is 11.3 Å². The number of alkyl halides is 3. The molecule has 0 spiro atoms. The molecule has 0 radical (unpaired) electrons. The molecule has 1 N–H and O–H groups in total. The van der Waals surface area contributed by atoms with Gasteiger partial charge in [0.1, 0.15) is 4.88 Å². The van der Waals surface area contributed by atoms with Crippen molar-refractivity contribution in [2.45, 2.75) is 6.18 Å². The highest BCUT2D eigenvalue weighted by Crippen LogP contribution is 2.33. The van der Waals surface area contributed by atoms with Crippen LogP contribution in [-0.4, -0.2) is 10.9 Å². The normalized spacial score (nSPS) is 11.4. The highest BCUT2D eigenvalue weighted by Gasteiger charge is 2.38. The van der Waals surface area contributed by atoms with Crippen LogP contribution in [0.5, 0.6) is 0 Å². The average molecular weight is 351 g/mol. The van der Waals surface area contributed by atoms with Crippen LogP contribution >= 0.6 is 27.3 Å². The number of thiazole rings is 1. The highest BCUT2D eigenvalue weighted by molar-refractivity contribution is 9.10. The summed E-state index contributed by atoms with van der Waals surface area (Å²) in [5, 5.41) is 2.40. The number of aromatic nitrogens is 1. The zero-order valence-electron chi connectivity index (χ0n) is 9.16. The first-order valence-electron chi connectivity index (χ1n) is 4.95. The maximum atomic E-state index is 12.6. The Hall–Kier alpha value is -1.41. The van der Waals surface area contributed by atoms with Crippen LogP contribution < -0.4 is 5.32 Å². The molecule has 0 fully saturated rings. The first-order valence-corrected chi connectivity index (χ1v) is 6.63. The minimum absolute atomic E-state index is 0.404. The van der Waals surface area contributed by atoms with Crippen molar-refractivity contribution in [3.8, 4) is 0 Å². The van der Waals surface area contributed by atoms with Crippen molar-refractivity contribution >= 4 is 38.9 Å². The number of hydrogen-bond acceptors (Lipinski definition) is 3. The lowest BCUT2D eigenvalue weighted by Crippen LogP contribution is -2.17. The second kappa shape index (κ2) is 5.30. The van der Waals surface area contributed by atoms with Crippen LogP contribution in [0.3, 0.4) is 0 Å². The molecule has 0 unspecified atom stereocenters. The molecule has 0 saturated carbocycles. The van der Waals surface area contributed by atoms with Crippen LogP contribution in [0.2, 0.25) is 0 Å². The molecule has 0 aliphatic heterocycles. The van der Waals surface area contributed by atoms with Crippen molar-refractivity contribution in [3.63, 3.8) is 0 Å². The lowest BCUT2D eigenvalue weighted by Gasteiger charge is -2.07. The Balaban J connectivity index is 2.24. The van der Waals surface area contributed by atoms with Gasteiger partial charge in [0.25, 0.3) is 5.91 Å². The molecule has 100 valence electrons. The molecule has 3 nitrogen and oxygen atoms in total. The zero-order valence-corrected chi connectivity index (χ0v) is 11.6. The molecule has 0 bridgehead atoms. The fourth-order valence-corrected chi connectivity index (χ4v) is 2.46. The number of carbonyl (C=O) groups is 1. The van der Waals surface area contributed by atoms with Gasteiger partial charge in [-0.1, -0.05) is 22.0 Å². The number of anilines is 1. The van der Waals surface area contributed by atoms with E-state index in [1.54, 1.807) is 24.3 Å². The molecule has 0 atom stereocenters. The second-order valence-electron chi connectivity index (χ2n) is 3.49. The number of nitrogens with one attached hydrogen (secondary N) is 1. The molecule has 0 saturated heterocycles. The molecule has 2 aromatic rings. The minimum atomic E-state index is -4.63. The highest BCUT2D eigenvalue weighted by atomic mass is 79.9. The molecule has 2 rings (SSSR count). The molecule has 0 aliphatic carbocycles. The van der Waals surface area contributed by atoms with Gasteiger partial charge in [-0.2, -0.15) is 13.2 Å². The third kappa shape index (κ3) is 3.32. The molecular formula is C11H6BrF3N2OS. The van der Waals surface area contributed by atoms with Crippen LogP contribution in [0.25, 0.3) is 0 Å². The van der Waals surface area contributed by atoms with Crippen LogP contribution in [0.4, 0.5) is 18.9 Å². The summed E-state index contributed by atoms with van der Waals surface area (Å²) in [6.07, 6.45) is -4.63. The smallest absolute Gasteiger partial charge is 0.321 e. The summed E-state index contributed by atoms with van der Waals surface area (Å²) in [6, 6.07) is 6.57. The van der Waals surface area contributed by atoms with E-state index in [1.165, 1.54) is 0 Å². The zero-order chi connectivity index (χ0) is 14.0. The van der Waals surface area contributed by atoms with Gasteiger partial charge in [0, 0.05) is 10.2 Å². The molecule has 1 amide bonds. The average Bonchev–Trinajstić information content (AvgIpc) is 2.77. The van der Waals surface area contributed by atoms with Gasteiger partial charge < -0.3 is 5.32 Å². The van der Waals surface area contributed by atoms with E-state index < -0.39 is 22.7 Å². The summed E-state index contributed by atoms with van der Waals surface area (Å²) in [7, 11) is 0. The molecule has 19 heavy (non-hydrogen) atoms. The second-order valence-corrected chi connectivity index (χ2v) is 5.26. The first kappa shape index (κ1) is 14.0. The molecule has 8 heteroatoms. The predicted octanol–water partition coefficient (Wildman–Crippen LogP) is 4.18. The minimum Gasteiger partial charge on any atom is -0.321 e. The Morgan fingerprint density at radius 2 is 2.11 bits per heavy atom. The Labute approximate surface area is 118 Å².